The van der Waals surface area contributed by atoms with Gasteiger partial charge < -0.3 is 9.84 Å². The van der Waals surface area contributed by atoms with Gasteiger partial charge in [0.1, 0.15) is 10.6 Å². The topological polar surface area (TPSA) is 75.6 Å². The minimum atomic E-state index is -3.52. The Kier molecular flexibility index (Phi) is 6.83. The van der Waals surface area contributed by atoms with Crippen molar-refractivity contribution in [2.45, 2.75) is 30.6 Å². The van der Waals surface area contributed by atoms with Crippen LogP contribution in [0, 0.1) is 0 Å². The largest absolute Gasteiger partial charge is 0.495 e. The third-order valence-corrected chi connectivity index (χ3v) is 4.24. The SMILES string of the molecule is COc1ccccc1S(=O)(=O)NCCCCCCO. The lowest BCUT2D eigenvalue weighted by Gasteiger charge is -2.10. The molecule has 0 amide bonds. The second-order valence-electron chi connectivity index (χ2n) is 4.19. The van der Waals surface area contributed by atoms with Gasteiger partial charge in [0.05, 0.1) is 7.11 Å². The molecule has 5 nitrogen and oxygen atoms in total. The van der Waals surface area contributed by atoms with Crippen molar-refractivity contribution in [2.75, 3.05) is 20.3 Å². The zero-order valence-corrected chi connectivity index (χ0v) is 11.9. The lowest BCUT2D eigenvalue weighted by Crippen LogP contribution is -2.25. The van der Waals surface area contributed by atoms with E-state index in [1.807, 2.05) is 0 Å². The molecule has 0 aromatic heterocycles. The van der Waals surface area contributed by atoms with Crippen molar-refractivity contribution in [3.63, 3.8) is 0 Å². The second-order valence-corrected chi connectivity index (χ2v) is 5.92. The monoisotopic (exact) mass is 287 g/mol. The van der Waals surface area contributed by atoms with E-state index < -0.39 is 10.0 Å². The van der Waals surface area contributed by atoms with E-state index in [0.29, 0.717) is 12.3 Å². The van der Waals surface area contributed by atoms with E-state index in [1.54, 1.807) is 18.2 Å². The van der Waals surface area contributed by atoms with Gasteiger partial charge in [-0.15, -0.1) is 0 Å². The Labute approximate surface area is 114 Å². The molecule has 0 unspecified atom stereocenters. The molecule has 19 heavy (non-hydrogen) atoms. The number of aliphatic hydroxyl groups is 1. The number of nitrogens with one attached hydrogen (secondary N) is 1. The van der Waals surface area contributed by atoms with Crippen LogP contribution < -0.4 is 9.46 Å². The van der Waals surface area contributed by atoms with Crippen LogP contribution in [0.15, 0.2) is 29.2 Å². The van der Waals surface area contributed by atoms with Crippen molar-refractivity contribution in [1.82, 2.24) is 4.72 Å². The first-order valence-electron chi connectivity index (χ1n) is 6.35. The molecule has 0 atom stereocenters. The van der Waals surface area contributed by atoms with E-state index in [4.69, 9.17) is 9.84 Å². The molecule has 2 N–H and O–H groups in total. The van der Waals surface area contributed by atoms with Crippen LogP contribution in [0.2, 0.25) is 0 Å². The summed E-state index contributed by atoms with van der Waals surface area (Å²) in [5.41, 5.74) is 0. The van der Waals surface area contributed by atoms with Gasteiger partial charge in [0.2, 0.25) is 10.0 Å². The summed E-state index contributed by atoms with van der Waals surface area (Å²) in [4.78, 5) is 0.160. The Hall–Kier alpha value is -1.11. The van der Waals surface area contributed by atoms with Crippen LogP contribution in [0.1, 0.15) is 25.7 Å². The van der Waals surface area contributed by atoms with Crippen LogP contribution >= 0.6 is 0 Å². The third kappa shape index (κ3) is 5.18. The highest BCUT2D eigenvalue weighted by atomic mass is 32.2. The first-order chi connectivity index (χ1) is 9.11. The number of hydrogen-bond acceptors (Lipinski definition) is 4. The summed E-state index contributed by atoms with van der Waals surface area (Å²) in [5, 5.41) is 8.63. The summed E-state index contributed by atoms with van der Waals surface area (Å²) in [6.07, 6.45) is 3.33. The van der Waals surface area contributed by atoms with Crippen LogP contribution in [-0.4, -0.2) is 33.8 Å². The second kappa shape index (κ2) is 8.14. The molecule has 0 aliphatic carbocycles. The van der Waals surface area contributed by atoms with Crippen molar-refractivity contribution in [1.29, 1.82) is 0 Å². The molecule has 108 valence electrons. The summed E-state index contributed by atoms with van der Waals surface area (Å²) in [5.74, 6) is 0.343. The number of rotatable bonds is 9. The van der Waals surface area contributed by atoms with E-state index in [-0.39, 0.29) is 11.5 Å². The first kappa shape index (κ1) is 15.9. The fourth-order valence-electron chi connectivity index (χ4n) is 1.72. The average molecular weight is 287 g/mol. The molecule has 1 rings (SSSR count). The Morgan fingerprint density at radius 1 is 1.16 bits per heavy atom. The standard InChI is InChI=1S/C13H21NO4S/c1-18-12-8-4-5-9-13(12)19(16,17)14-10-6-2-3-7-11-15/h4-5,8-9,14-15H,2-3,6-7,10-11H2,1H3. The number of methoxy groups -OCH3 is 1. The zero-order valence-electron chi connectivity index (χ0n) is 11.1. The third-order valence-electron chi connectivity index (χ3n) is 2.74. The Morgan fingerprint density at radius 3 is 2.53 bits per heavy atom. The van der Waals surface area contributed by atoms with Crippen LogP contribution in [-0.2, 0) is 10.0 Å². The first-order valence-corrected chi connectivity index (χ1v) is 7.83. The highest BCUT2D eigenvalue weighted by Crippen LogP contribution is 2.22. The predicted octanol–water partition coefficient (Wildman–Crippen LogP) is 1.53. The number of para-hydroxylation sites is 1. The van der Waals surface area contributed by atoms with Crippen molar-refractivity contribution >= 4 is 10.0 Å². The van der Waals surface area contributed by atoms with Gasteiger partial charge in [-0.05, 0) is 25.0 Å². The highest BCUT2D eigenvalue weighted by Gasteiger charge is 2.17. The van der Waals surface area contributed by atoms with Gasteiger partial charge >= 0.3 is 0 Å². The Morgan fingerprint density at radius 2 is 1.84 bits per heavy atom. The number of ether oxygens (including phenoxy) is 1. The van der Waals surface area contributed by atoms with Gasteiger partial charge in [0.15, 0.2) is 0 Å². The molecular formula is C13H21NO4S. The molecule has 0 spiro atoms. The maximum Gasteiger partial charge on any atom is 0.244 e. The van der Waals surface area contributed by atoms with E-state index in [9.17, 15) is 8.42 Å². The van der Waals surface area contributed by atoms with Crippen molar-refractivity contribution in [3.8, 4) is 5.75 Å². The molecule has 0 aliphatic rings. The van der Waals surface area contributed by atoms with E-state index in [0.717, 1.165) is 25.7 Å². The van der Waals surface area contributed by atoms with Gasteiger partial charge in [0, 0.05) is 13.2 Å². The van der Waals surface area contributed by atoms with Gasteiger partial charge in [-0.3, -0.25) is 0 Å². The van der Waals surface area contributed by atoms with Crippen molar-refractivity contribution < 1.29 is 18.3 Å². The van der Waals surface area contributed by atoms with Crippen molar-refractivity contribution in [2.24, 2.45) is 0 Å². The van der Waals surface area contributed by atoms with Gasteiger partial charge in [-0.2, -0.15) is 0 Å². The molecule has 0 radical (unpaired) electrons. The molecule has 1 aromatic rings. The lowest BCUT2D eigenvalue weighted by molar-refractivity contribution is 0.282. The van der Waals surface area contributed by atoms with Crippen LogP contribution in [0.3, 0.4) is 0 Å². The summed E-state index contributed by atoms with van der Waals surface area (Å²) >= 11 is 0. The number of hydrogen-bond donors (Lipinski definition) is 2. The van der Waals surface area contributed by atoms with Crippen LogP contribution in [0.25, 0.3) is 0 Å². The van der Waals surface area contributed by atoms with Crippen molar-refractivity contribution in [3.05, 3.63) is 24.3 Å². The average Bonchev–Trinajstić information content (AvgIpc) is 2.42. The molecule has 0 saturated carbocycles. The zero-order chi connectivity index (χ0) is 14.1. The minimum Gasteiger partial charge on any atom is -0.495 e. The van der Waals surface area contributed by atoms with E-state index in [2.05, 4.69) is 4.72 Å². The molecule has 6 heteroatoms. The number of sulfonamides is 1. The normalized spacial score (nSPS) is 11.5. The number of benzene rings is 1. The molecule has 0 aliphatic heterocycles. The van der Waals surface area contributed by atoms with Gasteiger partial charge in [-0.25, -0.2) is 13.1 Å². The minimum absolute atomic E-state index is 0.160. The summed E-state index contributed by atoms with van der Waals surface area (Å²) < 4.78 is 31.7. The summed E-state index contributed by atoms with van der Waals surface area (Å²) in [6, 6.07) is 6.54. The Balaban J connectivity index is 2.52. The number of aliphatic hydroxyl groups excluding tert-OH is 1. The fourth-order valence-corrected chi connectivity index (χ4v) is 2.96. The predicted molar refractivity (Wildman–Crippen MR) is 73.7 cm³/mol. The van der Waals surface area contributed by atoms with Crippen LogP contribution in [0.5, 0.6) is 5.75 Å². The van der Waals surface area contributed by atoms with Gasteiger partial charge in [0.25, 0.3) is 0 Å². The summed E-state index contributed by atoms with van der Waals surface area (Å²) in [7, 11) is -2.07. The lowest BCUT2D eigenvalue weighted by atomic mass is 10.2. The van der Waals surface area contributed by atoms with E-state index in [1.165, 1.54) is 13.2 Å². The van der Waals surface area contributed by atoms with Gasteiger partial charge in [-0.1, -0.05) is 25.0 Å². The maximum absolute atomic E-state index is 12.1. The molecule has 0 fully saturated rings. The molecule has 0 heterocycles. The molecule has 1 aromatic carbocycles. The number of unbranched alkanes of at least 4 members (excludes halogenated alkanes) is 3. The summed E-state index contributed by atoms with van der Waals surface area (Å²) in [6.45, 7) is 0.582. The maximum atomic E-state index is 12.1. The quantitative estimate of drug-likeness (QED) is 0.675. The molecular weight excluding hydrogens is 266 g/mol. The Bertz CT molecular complexity index is 473. The van der Waals surface area contributed by atoms with Crippen LogP contribution in [0.4, 0.5) is 0 Å². The smallest absolute Gasteiger partial charge is 0.244 e. The fraction of sp³-hybridized carbons (Fsp3) is 0.538. The highest BCUT2D eigenvalue weighted by molar-refractivity contribution is 7.89. The molecule has 0 bridgehead atoms. The van der Waals surface area contributed by atoms with E-state index >= 15 is 0 Å². The molecule has 0 saturated heterocycles.